The summed E-state index contributed by atoms with van der Waals surface area (Å²) >= 11 is 0. The van der Waals surface area contributed by atoms with Crippen LogP contribution in [0.3, 0.4) is 0 Å². The number of hydrogen-bond donors (Lipinski definition) is 3. The number of carboxylic acid groups (broad SMARTS) is 1. The minimum absolute atomic E-state index is 0.0972. The topological polar surface area (TPSA) is 121 Å². The van der Waals surface area contributed by atoms with Gasteiger partial charge in [-0.2, -0.15) is 5.10 Å². The van der Waals surface area contributed by atoms with Crippen molar-refractivity contribution >= 4 is 17.7 Å². The Bertz CT molecular complexity index is 630. The maximum absolute atomic E-state index is 12.1. The van der Waals surface area contributed by atoms with E-state index in [0.29, 0.717) is 17.0 Å². The predicted octanol–water partition coefficient (Wildman–Crippen LogP) is 0.767. The number of nitrogens with zero attached hydrogens (tertiary/aromatic N) is 3. The molecular weight excluding hydrogens is 250 g/mol. The molecule has 0 aliphatic heterocycles. The van der Waals surface area contributed by atoms with Gasteiger partial charge in [0, 0.05) is 18.1 Å². The molecule has 0 saturated heterocycles. The van der Waals surface area contributed by atoms with Crippen molar-refractivity contribution in [3.05, 3.63) is 35.0 Å². The van der Waals surface area contributed by atoms with Crippen LogP contribution in [-0.2, 0) is 0 Å². The number of amides is 1. The minimum atomic E-state index is -1.26. The van der Waals surface area contributed by atoms with E-state index in [1.807, 2.05) is 0 Å². The molecule has 2 heterocycles. The zero-order chi connectivity index (χ0) is 14.0. The number of H-pyrrole nitrogens is 1. The molecule has 0 bridgehead atoms. The average Bonchev–Trinajstić information content (AvgIpc) is 2.69. The highest BCUT2D eigenvalue weighted by Gasteiger charge is 2.19. The van der Waals surface area contributed by atoms with Crippen molar-refractivity contribution in [1.29, 1.82) is 0 Å². The Labute approximate surface area is 107 Å². The molecule has 1 amide bonds. The molecule has 2 aromatic heterocycles. The van der Waals surface area contributed by atoms with Crippen LogP contribution in [0.25, 0.3) is 0 Å². The van der Waals surface area contributed by atoms with Gasteiger partial charge in [-0.05, 0) is 13.8 Å². The van der Waals surface area contributed by atoms with Gasteiger partial charge in [-0.1, -0.05) is 0 Å². The molecular formula is C11H11N5O3. The molecule has 0 atom stereocenters. The number of carbonyl (C=O) groups excluding carboxylic acids is 1. The summed E-state index contributed by atoms with van der Waals surface area (Å²) in [6.45, 7) is 3.37. The third kappa shape index (κ3) is 2.41. The molecule has 0 fully saturated rings. The Morgan fingerprint density at radius 2 is 1.95 bits per heavy atom. The first-order valence-electron chi connectivity index (χ1n) is 5.38. The molecule has 19 heavy (non-hydrogen) atoms. The fourth-order valence-corrected chi connectivity index (χ4v) is 1.64. The van der Waals surface area contributed by atoms with Crippen LogP contribution < -0.4 is 5.32 Å². The summed E-state index contributed by atoms with van der Waals surface area (Å²) in [5.41, 5.74) is 1.17. The van der Waals surface area contributed by atoms with Crippen LogP contribution in [0.5, 0.6) is 0 Å². The Morgan fingerprint density at radius 1 is 1.26 bits per heavy atom. The SMILES string of the molecule is Cc1n[nH]c(C)c1C(=O)Nc1nccnc1C(=O)O. The second kappa shape index (κ2) is 4.84. The minimum Gasteiger partial charge on any atom is -0.476 e. The Hall–Kier alpha value is -2.77. The highest BCUT2D eigenvalue weighted by Crippen LogP contribution is 2.14. The lowest BCUT2D eigenvalue weighted by atomic mass is 10.2. The van der Waals surface area contributed by atoms with Crippen molar-refractivity contribution in [3.63, 3.8) is 0 Å². The van der Waals surface area contributed by atoms with E-state index in [9.17, 15) is 9.59 Å². The first kappa shape index (κ1) is 12.7. The number of rotatable bonds is 3. The van der Waals surface area contributed by atoms with Gasteiger partial charge in [0.1, 0.15) is 0 Å². The lowest BCUT2D eigenvalue weighted by Gasteiger charge is -2.06. The van der Waals surface area contributed by atoms with Gasteiger partial charge in [-0.3, -0.25) is 9.89 Å². The lowest BCUT2D eigenvalue weighted by molar-refractivity contribution is 0.0691. The van der Waals surface area contributed by atoms with Crippen LogP contribution in [0.4, 0.5) is 5.82 Å². The molecule has 0 spiro atoms. The van der Waals surface area contributed by atoms with E-state index in [1.165, 1.54) is 12.4 Å². The van der Waals surface area contributed by atoms with Crippen LogP contribution >= 0.6 is 0 Å². The van der Waals surface area contributed by atoms with Crippen LogP contribution in [0.15, 0.2) is 12.4 Å². The molecule has 2 aromatic rings. The van der Waals surface area contributed by atoms with Crippen molar-refractivity contribution in [2.45, 2.75) is 13.8 Å². The quantitative estimate of drug-likeness (QED) is 0.750. The van der Waals surface area contributed by atoms with Crippen molar-refractivity contribution in [2.24, 2.45) is 0 Å². The number of aromatic nitrogens is 4. The number of carboxylic acids is 1. The summed E-state index contributed by atoms with van der Waals surface area (Å²) < 4.78 is 0. The Morgan fingerprint density at radius 3 is 2.53 bits per heavy atom. The Kier molecular flexibility index (Phi) is 3.23. The zero-order valence-corrected chi connectivity index (χ0v) is 10.3. The summed E-state index contributed by atoms with van der Waals surface area (Å²) in [7, 11) is 0. The van der Waals surface area contributed by atoms with Crippen LogP contribution in [0.2, 0.25) is 0 Å². The molecule has 0 aliphatic rings. The van der Waals surface area contributed by atoms with Gasteiger partial charge in [0.05, 0.1) is 11.3 Å². The van der Waals surface area contributed by atoms with Gasteiger partial charge >= 0.3 is 5.97 Å². The van der Waals surface area contributed by atoms with E-state index in [4.69, 9.17) is 5.11 Å². The van der Waals surface area contributed by atoms with Gasteiger partial charge in [0.25, 0.3) is 5.91 Å². The van der Waals surface area contributed by atoms with Crippen molar-refractivity contribution in [1.82, 2.24) is 20.2 Å². The highest BCUT2D eigenvalue weighted by molar-refractivity contribution is 6.07. The van der Waals surface area contributed by atoms with E-state index in [1.54, 1.807) is 13.8 Å². The summed E-state index contributed by atoms with van der Waals surface area (Å²) in [6, 6.07) is 0. The highest BCUT2D eigenvalue weighted by atomic mass is 16.4. The monoisotopic (exact) mass is 261 g/mol. The van der Waals surface area contributed by atoms with Gasteiger partial charge in [0.15, 0.2) is 11.5 Å². The van der Waals surface area contributed by atoms with Crippen molar-refractivity contribution < 1.29 is 14.7 Å². The molecule has 98 valence electrons. The number of anilines is 1. The summed E-state index contributed by atoms with van der Waals surface area (Å²) in [5, 5.41) is 17.9. The third-order valence-electron chi connectivity index (χ3n) is 2.49. The third-order valence-corrected chi connectivity index (χ3v) is 2.49. The van der Waals surface area contributed by atoms with Crippen LogP contribution in [-0.4, -0.2) is 37.1 Å². The first-order valence-corrected chi connectivity index (χ1v) is 5.38. The summed E-state index contributed by atoms with van der Waals surface area (Å²) in [4.78, 5) is 30.5. The Balaban J connectivity index is 2.32. The molecule has 2 rings (SSSR count). The number of aromatic amines is 1. The molecule has 0 saturated carbocycles. The molecule has 8 heteroatoms. The van der Waals surface area contributed by atoms with E-state index >= 15 is 0 Å². The predicted molar refractivity (Wildman–Crippen MR) is 65.0 cm³/mol. The van der Waals surface area contributed by atoms with Gasteiger partial charge < -0.3 is 10.4 Å². The fourth-order valence-electron chi connectivity index (χ4n) is 1.64. The first-order chi connectivity index (χ1) is 9.00. The zero-order valence-electron chi connectivity index (χ0n) is 10.3. The second-order valence-corrected chi connectivity index (χ2v) is 3.82. The second-order valence-electron chi connectivity index (χ2n) is 3.82. The van der Waals surface area contributed by atoms with E-state index in [0.717, 1.165) is 0 Å². The van der Waals surface area contributed by atoms with Gasteiger partial charge in [-0.25, -0.2) is 14.8 Å². The van der Waals surface area contributed by atoms with Gasteiger partial charge in [-0.15, -0.1) is 0 Å². The number of aryl methyl sites for hydroxylation is 2. The lowest BCUT2D eigenvalue weighted by Crippen LogP contribution is -2.18. The maximum Gasteiger partial charge on any atom is 0.358 e. The molecule has 0 aliphatic carbocycles. The molecule has 3 N–H and O–H groups in total. The van der Waals surface area contributed by atoms with E-state index < -0.39 is 11.9 Å². The van der Waals surface area contributed by atoms with Crippen LogP contribution in [0, 0.1) is 13.8 Å². The average molecular weight is 261 g/mol. The van der Waals surface area contributed by atoms with Crippen molar-refractivity contribution in [2.75, 3.05) is 5.32 Å². The summed E-state index contributed by atoms with van der Waals surface area (Å²) in [5.74, 6) is -1.84. The number of nitrogens with one attached hydrogen (secondary N) is 2. The normalized spacial score (nSPS) is 10.2. The van der Waals surface area contributed by atoms with Crippen LogP contribution in [0.1, 0.15) is 32.2 Å². The molecule has 0 unspecified atom stereocenters. The number of aromatic carboxylic acids is 1. The molecule has 0 radical (unpaired) electrons. The number of hydrogen-bond acceptors (Lipinski definition) is 5. The van der Waals surface area contributed by atoms with Crippen molar-refractivity contribution in [3.8, 4) is 0 Å². The summed E-state index contributed by atoms with van der Waals surface area (Å²) in [6.07, 6.45) is 2.55. The van der Waals surface area contributed by atoms with Gasteiger partial charge in [0.2, 0.25) is 0 Å². The van der Waals surface area contributed by atoms with E-state index in [2.05, 4.69) is 25.5 Å². The standard InChI is InChI=1S/C11H11N5O3/c1-5-7(6(2)16-15-5)10(17)14-9-8(11(18)19)12-3-4-13-9/h3-4H,1-2H3,(H,15,16)(H,18,19)(H,13,14,17). The maximum atomic E-state index is 12.1. The molecule has 0 aromatic carbocycles. The molecule has 8 nitrogen and oxygen atoms in total. The smallest absolute Gasteiger partial charge is 0.358 e. The number of carbonyl (C=O) groups is 2. The largest absolute Gasteiger partial charge is 0.476 e. The fraction of sp³-hybridized carbons (Fsp3) is 0.182. The van der Waals surface area contributed by atoms with E-state index in [-0.39, 0.29) is 11.5 Å².